The van der Waals surface area contributed by atoms with Gasteiger partial charge in [0, 0.05) is 0 Å². The Kier molecular flexibility index (Phi) is 7.77. The molecule has 0 N–H and O–H groups in total. The first-order valence-electron chi connectivity index (χ1n) is 9.45. The third-order valence-electron chi connectivity index (χ3n) is 6.58. The van der Waals surface area contributed by atoms with Gasteiger partial charge in [0.2, 0.25) is 0 Å². The van der Waals surface area contributed by atoms with Crippen molar-refractivity contribution < 1.29 is 0 Å². The second-order valence-electron chi connectivity index (χ2n) is 7.77. The summed E-state index contributed by atoms with van der Waals surface area (Å²) in [5.41, 5.74) is 0. The molecule has 0 nitrogen and oxygen atoms in total. The number of hydrogen-bond donors (Lipinski definition) is 0. The summed E-state index contributed by atoms with van der Waals surface area (Å²) in [7, 11) is 0. The molecule has 3 rings (SSSR count). The molecule has 0 aliphatic heterocycles. The normalized spacial score (nSPS) is 27.4. The first-order valence-corrected chi connectivity index (χ1v) is 15.2. The van der Waals surface area contributed by atoms with Gasteiger partial charge in [-0.05, 0) is 0 Å². The van der Waals surface area contributed by atoms with Crippen molar-refractivity contribution in [2.75, 3.05) is 0 Å². The van der Waals surface area contributed by atoms with Crippen molar-refractivity contribution in [1.29, 1.82) is 0 Å². The van der Waals surface area contributed by atoms with Crippen LogP contribution in [0.15, 0.2) is 0 Å². The summed E-state index contributed by atoms with van der Waals surface area (Å²) in [5.74, 6) is 0. The Bertz CT molecular complexity index is 202. The molecular formula is C19H38Sn. The van der Waals surface area contributed by atoms with Gasteiger partial charge in [-0.15, -0.1) is 0 Å². The zero-order valence-corrected chi connectivity index (χ0v) is 16.2. The van der Waals surface area contributed by atoms with Crippen LogP contribution in [-0.2, 0) is 0 Å². The predicted molar refractivity (Wildman–Crippen MR) is 94.4 cm³/mol. The second kappa shape index (κ2) is 9.05. The van der Waals surface area contributed by atoms with E-state index in [-0.39, 0.29) is 7.43 Å². The Morgan fingerprint density at radius 2 is 0.650 bits per heavy atom. The van der Waals surface area contributed by atoms with Crippen LogP contribution in [0.1, 0.15) is 104 Å². The topological polar surface area (TPSA) is 0 Å². The summed E-state index contributed by atoms with van der Waals surface area (Å²) in [6.07, 6.45) is 24.3. The van der Waals surface area contributed by atoms with Gasteiger partial charge in [0.1, 0.15) is 0 Å². The van der Waals surface area contributed by atoms with Crippen LogP contribution in [0.2, 0.25) is 11.8 Å². The first-order chi connectivity index (χ1) is 9.45. The van der Waals surface area contributed by atoms with Crippen molar-refractivity contribution in [3.05, 3.63) is 0 Å². The minimum absolute atomic E-state index is 0. The van der Waals surface area contributed by atoms with E-state index in [0.717, 1.165) is 0 Å². The van der Waals surface area contributed by atoms with E-state index < -0.39 is 19.8 Å². The average Bonchev–Trinajstić information content (AvgIpc) is 2.51. The molecule has 0 amide bonds. The Hall–Kier alpha value is 0.799. The van der Waals surface area contributed by atoms with E-state index in [4.69, 9.17) is 0 Å². The fourth-order valence-electron chi connectivity index (χ4n) is 5.71. The van der Waals surface area contributed by atoms with Gasteiger partial charge >= 0.3 is 128 Å². The summed E-state index contributed by atoms with van der Waals surface area (Å²) in [6.45, 7) is 0. The Morgan fingerprint density at radius 1 is 0.400 bits per heavy atom. The molecule has 0 saturated heterocycles. The molecular weight excluding hydrogens is 347 g/mol. The van der Waals surface area contributed by atoms with Crippen LogP contribution in [0.4, 0.5) is 0 Å². The summed E-state index contributed by atoms with van der Waals surface area (Å²) >= 11 is -1.31. The molecule has 0 heterocycles. The fourth-order valence-corrected chi connectivity index (χ4v) is 22.9. The Morgan fingerprint density at radius 3 is 0.900 bits per heavy atom. The summed E-state index contributed by atoms with van der Waals surface area (Å²) in [6, 6.07) is 0. The second-order valence-corrected chi connectivity index (χ2v) is 19.1. The fraction of sp³-hybridized carbons (Fsp3) is 1.00. The molecule has 0 radical (unpaired) electrons. The Balaban J connectivity index is 0.00000147. The van der Waals surface area contributed by atoms with Crippen LogP contribution in [0.25, 0.3) is 0 Å². The molecule has 1 heteroatoms. The van der Waals surface area contributed by atoms with Gasteiger partial charge < -0.3 is 0 Å². The van der Waals surface area contributed by atoms with Crippen molar-refractivity contribution in [3.63, 3.8) is 0 Å². The zero-order valence-electron chi connectivity index (χ0n) is 12.9. The van der Waals surface area contributed by atoms with Crippen LogP contribution >= 0.6 is 0 Å². The minimum atomic E-state index is -1.31. The monoisotopic (exact) mass is 386 g/mol. The van der Waals surface area contributed by atoms with E-state index in [2.05, 4.69) is 0 Å². The predicted octanol–water partition coefficient (Wildman–Crippen LogP) is 6.85. The number of rotatable bonds is 3. The van der Waals surface area contributed by atoms with Crippen molar-refractivity contribution in [2.24, 2.45) is 0 Å². The first kappa shape index (κ1) is 17.2. The average molecular weight is 385 g/mol. The van der Waals surface area contributed by atoms with Gasteiger partial charge in [0.15, 0.2) is 0 Å². The van der Waals surface area contributed by atoms with Gasteiger partial charge in [-0.2, -0.15) is 0 Å². The SMILES string of the molecule is C.C1CC[CH]([SnH]([CH]2CCCCC2)[CH]2CCCCC2)CC1. The molecule has 3 fully saturated rings. The van der Waals surface area contributed by atoms with Gasteiger partial charge in [-0.25, -0.2) is 0 Å². The molecule has 0 atom stereocenters. The molecule has 0 aromatic carbocycles. The van der Waals surface area contributed by atoms with Crippen LogP contribution in [0.5, 0.6) is 0 Å². The van der Waals surface area contributed by atoms with E-state index in [0.29, 0.717) is 0 Å². The maximum absolute atomic E-state index is 1.67. The van der Waals surface area contributed by atoms with Crippen LogP contribution in [0.3, 0.4) is 0 Å². The molecule has 0 aromatic rings. The Labute approximate surface area is 135 Å². The van der Waals surface area contributed by atoms with Crippen molar-refractivity contribution in [2.45, 2.75) is 116 Å². The van der Waals surface area contributed by atoms with Crippen LogP contribution in [-0.4, -0.2) is 19.8 Å². The zero-order chi connectivity index (χ0) is 12.9. The molecule has 0 spiro atoms. The van der Waals surface area contributed by atoms with E-state index >= 15 is 0 Å². The van der Waals surface area contributed by atoms with Crippen LogP contribution in [0, 0.1) is 0 Å². The molecule has 0 aromatic heterocycles. The quantitative estimate of drug-likeness (QED) is 0.466. The van der Waals surface area contributed by atoms with Crippen LogP contribution < -0.4 is 0 Å². The van der Waals surface area contributed by atoms with Gasteiger partial charge in [-0.1, -0.05) is 7.43 Å². The maximum atomic E-state index is 1.67. The summed E-state index contributed by atoms with van der Waals surface area (Å²) < 4.78 is 4.00. The molecule has 20 heavy (non-hydrogen) atoms. The molecule has 0 unspecified atom stereocenters. The molecule has 0 bridgehead atoms. The van der Waals surface area contributed by atoms with Gasteiger partial charge in [0.25, 0.3) is 0 Å². The van der Waals surface area contributed by atoms with E-state index in [1.54, 1.807) is 96.3 Å². The van der Waals surface area contributed by atoms with E-state index in [1.807, 2.05) is 0 Å². The molecule has 3 saturated carbocycles. The van der Waals surface area contributed by atoms with Gasteiger partial charge in [0.05, 0.1) is 0 Å². The standard InChI is InChI=1S/3C6H11.CH4.Sn.H/c3*1-2-4-6-5-3-1;;;/h3*1H,2-6H2;1H4;;. The van der Waals surface area contributed by atoms with Crippen molar-refractivity contribution in [3.8, 4) is 0 Å². The van der Waals surface area contributed by atoms with Crippen molar-refractivity contribution >= 4 is 19.8 Å². The van der Waals surface area contributed by atoms with E-state index in [1.165, 1.54) is 11.8 Å². The third-order valence-corrected chi connectivity index (χ3v) is 21.6. The summed E-state index contributed by atoms with van der Waals surface area (Å²) in [5, 5.41) is 0. The third kappa shape index (κ3) is 4.40. The van der Waals surface area contributed by atoms with Crippen molar-refractivity contribution in [1.82, 2.24) is 0 Å². The number of hydrogen-bond acceptors (Lipinski definition) is 0. The van der Waals surface area contributed by atoms with Gasteiger partial charge in [-0.3, -0.25) is 0 Å². The molecule has 3 aliphatic carbocycles. The van der Waals surface area contributed by atoms with E-state index in [9.17, 15) is 0 Å². The molecule has 3 aliphatic rings. The summed E-state index contributed by atoms with van der Waals surface area (Å²) in [4.78, 5) is 0. The molecule has 118 valence electrons.